The number of rotatable bonds is 6. The zero-order valence-corrected chi connectivity index (χ0v) is 18.9. The molecule has 1 N–H and O–H groups in total. The Morgan fingerprint density at radius 3 is 2.53 bits per heavy atom. The zero-order valence-electron chi connectivity index (χ0n) is 18.1. The Kier molecular flexibility index (Phi) is 6.86. The highest BCUT2D eigenvalue weighted by molar-refractivity contribution is 7.89. The van der Waals surface area contributed by atoms with E-state index >= 15 is 0 Å². The van der Waals surface area contributed by atoms with Crippen molar-refractivity contribution in [2.45, 2.75) is 36.7 Å². The molecule has 2 aliphatic heterocycles. The number of hydrogen-bond acceptors (Lipinski definition) is 6. The van der Waals surface area contributed by atoms with Crippen molar-refractivity contribution in [3.8, 4) is 17.2 Å². The maximum Gasteiger partial charge on any atom is 0.255 e. The van der Waals surface area contributed by atoms with Gasteiger partial charge in [0.1, 0.15) is 18.5 Å². The van der Waals surface area contributed by atoms with Gasteiger partial charge in [0, 0.05) is 13.1 Å². The number of carbonyl (C=O) groups excluding carboxylic acids is 1. The van der Waals surface area contributed by atoms with Gasteiger partial charge in [-0.05, 0) is 43.2 Å². The molecule has 1 saturated heterocycles. The lowest BCUT2D eigenvalue weighted by atomic mass is 10.2. The van der Waals surface area contributed by atoms with Crippen LogP contribution in [-0.4, -0.2) is 58.1 Å². The third-order valence-corrected chi connectivity index (χ3v) is 7.57. The van der Waals surface area contributed by atoms with Crippen LogP contribution in [0, 0.1) is 0 Å². The number of benzene rings is 2. The molecule has 8 nitrogen and oxygen atoms in total. The van der Waals surface area contributed by atoms with Crippen LogP contribution >= 0.6 is 0 Å². The van der Waals surface area contributed by atoms with Gasteiger partial charge in [-0.1, -0.05) is 25.0 Å². The summed E-state index contributed by atoms with van der Waals surface area (Å²) in [6.07, 6.45) is 3.38. The number of hydrogen-bond donors (Lipinski definition) is 1. The van der Waals surface area contributed by atoms with Crippen molar-refractivity contribution in [1.29, 1.82) is 0 Å². The summed E-state index contributed by atoms with van der Waals surface area (Å²) < 4.78 is 44.7. The van der Waals surface area contributed by atoms with E-state index in [2.05, 4.69) is 5.32 Å². The molecule has 1 atom stereocenters. The average Bonchev–Trinajstić information content (AvgIpc) is 3.12. The van der Waals surface area contributed by atoms with Crippen molar-refractivity contribution in [2.24, 2.45) is 0 Å². The lowest BCUT2D eigenvalue weighted by molar-refractivity contribution is 0.0787. The molecule has 0 unspecified atom stereocenters. The summed E-state index contributed by atoms with van der Waals surface area (Å²) in [6.45, 7) is 1.50. The van der Waals surface area contributed by atoms with E-state index in [4.69, 9.17) is 14.2 Å². The molecule has 2 heterocycles. The highest BCUT2D eigenvalue weighted by atomic mass is 32.2. The maximum absolute atomic E-state index is 13.2. The fourth-order valence-corrected chi connectivity index (χ4v) is 5.47. The summed E-state index contributed by atoms with van der Waals surface area (Å²) in [6, 6.07) is 11.8. The molecule has 2 aliphatic rings. The van der Waals surface area contributed by atoms with Crippen LogP contribution in [0.1, 0.15) is 36.0 Å². The number of amides is 1. The fourth-order valence-electron chi connectivity index (χ4n) is 3.92. The third kappa shape index (κ3) is 4.83. The molecule has 32 heavy (non-hydrogen) atoms. The second-order valence-corrected chi connectivity index (χ2v) is 9.83. The van der Waals surface area contributed by atoms with E-state index in [1.54, 1.807) is 0 Å². The molecule has 0 spiro atoms. The van der Waals surface area contributed by atoms with Crippen LogP contribution in [-0.2, 0) is 10.0 Å². The monoisotopic (exact) mass is 460 g/mol. The van der Waals surface area contributed by atoms with Crippen LogP contribution < -0.4 is 19.5 Å². The largest absolute Gasteiger partial charge is 0.496 e. The number of ether oxygens (including phenoxy) is 3. The van der Waals surface area contributed by atoms with Crippen LogP contribution in [0.5, 0.6) is 17.2 Å². The van der Waals surface area contributed by atoms with Crippen molar-refractivity contribution in [1.82, 2.24) is 9.62 Å². The van der Waals surface area contributed by atoms with Crippen LogP contribution in [0.25, 0.3) is 0 Å². The van der Waals surface area contributed by atoms with Crippen molar-refractivity contribution in [2.75, 3.05) is 33.4 Å². The van der Waals surface area contributed by atoms with Gasteiger partial charge in [0.25, 0.3) is 5.91 Å². The smallest absolute Gasteiger partial charge is 0.255 e. The first-order valence-corrected chi connectivity index (χ1v) is 12.3. The van der Waals surface area contributed by atoms with Crippen molar-refractivity contribution in [3.05, 3.63) is 48.0 Å². The Labute approximate surface area is 188 Å². The number of nitrogens with one attached hydrogen (secondary N) is 1. The molecule has 4 rings (SSSR count). The van der Waals surface area contributed by atoms with Gasteiger partial charge in [0.05, 0.1) is 24.1 Å². The standard InChI is InChI=1S/C23H28N2O6S/c1-29-20-11-10-18(32(27,28)25-12-6-2-3-7-13-25)14-19(20)23(26)24-15-17-16-30-21-8-4-5-9-22(21)31-17/h4-5,8-11,14,17H,2-3,6-7,12-13,15-16H2,1H3,(H,24,26)/t17-/m1/s1. The van der Waals surface area contributed by atoms with Gasteiger partial charge in [0.15, 0.2) is 11.5 Å². The van der Waals surface area contributed by atoms with Crippen molar-refractivity contribution >= 4 is 15.9 Å². The van der Waals surface area contributed by atoms with Gasteiger partial charge < -0.3 is 19.5 Å². The Hall–Kier alpha value is -2.78. The Morgan fingerprint density at radius 1 is 1.09 bits per heavy atom. The minimum absolute atomic E-state index is 0.0940. The second kappa shape index (κ2) is 9.79. The summed E-state index contributed by atoms with van der Waals surface area (Å²) in [5.74, 6) is 1.17. The molecule has 1 fully saturated rings. The third-order valence-electron chi connectivity index (χ3n) is 5.68. The number of methoxy groups -OCH3 is 1. The quantitative estimate of drug-likeness (QED) is 0.713. The molecule has 9 heteroatoms. The SMILES string of the molecule is COc1ccc(S(=O)(=O)N2CCCCCC2)cc1C(=O)NC[C@@H]1COc2ccccc2O1. The number of fused-ring (bicyclic) bond motifs is 1. The summed E-state index contributed by atoms with van der Waals surface area (Å²) in [4.78, 5) is 13.0. The first-order valence-electron chi connectivity index (χ1n) is 10.8. The highest BCUT2D eigenvalue weighted by Crippen LogP contribution is 2.31. The molecule has 0 aromatic heterocycles. The second-order valence-electron chi connectivity index (χ2n) is 7.89. The summed E-state index contributed by atoms with van der Waals surface area (Å²) in [5, 5.41) is 2.81. The Balaban J connectivity index is 1.48. The predicted octanol–water partition coefficient (Wildman–Crippen LogP) is 2.83. The fraction of sp³-hybridized carbons (Fsp3) is 0.435. The number of carbonyl (C=O) groups is 1. The molecule has 0 radical (unpaired) electrons. The first kappa shape index (κ1) is 22.4. The zero-order chi connectivity index (χ0) is 22.6. The molecular formula is C23H28N2O6S. The molecular weight excluding hydrogens is 432 g/mol. The normalized spacial score (nSPS) is 19.1. The van der Waals surface area contributed by atoms with Crippen molar-refractivity contribution in [3.63, 3.8) is 0 Å². The van der Waals surface area contributed by atoms with Crippen LogP contribution in [0.15, 0.2) is 47.4 Å². The van der Waals surface area contributed by atoms with Gasteiger partial charge in [-0.3, -0.25) is 4.79 Å². The number of nitrogens with zero attached hydrogens (tertiary/aromatic N) is 1. The highest BCUT2D eigenvalue weighted by Gasteiger charge is 2.28. The van der Waals surface area contributed by atoms with E-state index in [0.717, 1.165) is 25.7 Å². The topological polar surface area (TPSA) is 94.2 Å². The van der Waals surface area contributed by atoms with Gasteiger partial charge >= 0.3 is 0 Å². The van der Waals surface area contributed by atoms with Gasteiger partial charge in [-0.25, -0.2) is 8.42 Å². The predicted molar refractivity (Wildman–Crippen MR) is 119 cm³/mol. The molecule has 1 amide bonds. The van der Waals surface area contributed by atoms with Gasteiger partial charge in [0.2, 0.25) is 10.0 Å². The summed E-state index contributed by atoms with van der Waals surface area (Å²) in [5.41, 5.74) is 0.167. The van der Waals surface area contributed by atoms with E-state index in [1.807, 2.05) is 24.3 Å². The van der Waals surface area contributed by atoms with Crippen LogP contribution in [0.4, 0.5) is 0 Å². The van der Waals surface area contributed by atoms with E-state index < -0.39 is 15.9 Å². The van der Waals surface area contributed by atoms with E-state index in [-0.39, 0.29) is 23.1 Å². The Morgan fingerprint density at radius 2 is 1.81 bits per heavy atom. The van der Waals surface area contributed by atoms with Crippen molar-refractivity contribution < 1.29 is 27.4 Å². The molecule has 172 valence electrons. The molecule has 0 saturated carbocycles. The van der Waals surface area contributed by atoms with Gasteiger partial charge in [-0.15, -0.1) is 0 Å². The molecule has 2 aromatic rings. The average molecular weight is 461 g/mol. The van der Waals surface area contributed by atoms with E-state index in [9.17, 15) is 13.2 Å². The van der Waals surface area contributed by atoms with E-state index in [1.165, 1.54) is 29.6 Å². The minimum atomic E-state index is -3.68. The molecule has 0 bridgehead atoms. The molecule has 2 aromatic carbocycles. The number of para-hydroxylation sites is 2. The lowest BCUT2D eigenvalue weighted by Gasteiger charge is -2.26. The number of sulfonamides is 1. The minimum Gasteiger partial charge on any atom is -0.496 e. The summed E-state index contributed by atoms with van der Waals surface area (Å²) >= 11 is 0. The van der Waals surface area contributed by atoms with Crippen LogP contribution in [0.3, 0.4) is 0 Å². The Bertz CT molecular complexity index is 1060. The van der Waals surface area contributed by atoms with E-state index in [0.29, 0.717) is 36.9 Å². The summed E-state index contributed by atoms with van der Waals surface area (Å²) in [7, 11) is -2.23. The van der Waals surface area contributed by atoms with Gasteiger partial charge in [-0.2, -0.15) is 4.31 Å². The van der Waals surface area contributed by atoms with Crippen LogP contribution in [0.2, 0.25) is 0 Å². The first-order chi connectivity index (χ1) is 15.5. The molecule has 0 aliphatic carbocycles. The maximum atomic E-state index is 13.2. The lowest BCUT2D eigenvalue weighted by Crippen LogP contribution is -2.40.